The fourth-order valence-electron chi connectivity index (χ4n) is 3.19. The quantitative estimate of drug-likeness (QED) is 0.756. The van der Waals surface area contributed by atoms with Gasteiger partial charge in [0.1, 0.15) is 11.0 Å². The molecule has 0 spiro atoms. The minimum absolute atomic E-state index is 0.0204. The first-order chi connectivity index (χ1) is 12.3. The van der Waals surface area contributed by atoms with Gasteiger partial charge in [-0.2, -0.15) is 8.75 Å². The molecular formula is C19H19N4OS+. The standard InChI is InChI=1S/C19H18N4OS/c24-18(20-16-7-4-8-17-19(16)22-25-21-17)13-23-11-9-15(10-12-23)14-5-2-1-3-6-14/h1-9H,10-13H2,(H,20,24)/p+1. The number of amides is 1. The van der Waals surface area contributed by atoms with Crippen molar-refractivity contribution in [2.24, 2.45) is 0 Å². The molecule has 0 radical (unpaired) electrons. The topological polar surface area (TPSA) is 59.3 Å². The summed E-state index contributed by atoms with van der Waals surface area (Å²) in [7, 11) is 0. The molecule has 6 heteroatoms. The highest BCUT2D eigenvalue weighted by Crippen LogP contribution is 2.21. The first-order valence-corrected chi connectivity index (χ1v) is 9.12. The third kappa shape index (κ3) is 3.60. The van der Waals surface area contributed by atoms with Crippen molar-refractivity contribution in [2.45, 2.75) is 6.42 Å². The number of fused-ring (bicyclic) bond motifs is 1. The van der Waals surface area contributed by atoms with Crippen molar-refractivity contribution in [1.82, 2.24) is 8.75 Å². The number of aromatic nitrogens is 2. The van der Waals surface area contributed by atoms with E-state index in [1.165, 1.54) is 16.0 Å². The van der Waals surface area contributed by atoms with Crippen LogP contribution in [0.25, 0.3) is 16.6 Å². The Morgan fingerprint density at radius 3 is 2.80 bits per heavy atom. The maximum absolute atomic E-state index is 12.4. The highest BCUT2D eigenvalue weighted by molar-refractivity contribution is 7.00. The number of hydrogen-bond acceptors (Lipinski definition) is 4. The molecule has 0 saturated carbocycles. The van der Waals surface area contributed by atoms with Crippen molar-refractivity contribution < 1.29 is 9.69 Å². The van der Waals surface area contributed by atoms with E-state index >= 15 is 0 Å². The number of carbonyl (C=O) groups excluding carboxylic acids is 1. The Hall–Kier alpha value is -2.57. The second-order valence-electron chi connectivity index (χ2n) is 6.21. The van der Waals surface area contributed by atoms with Crippen LogP contribution in [0.2, 0.25) is 0 Å². The lowest BCUT2D eigenvalue weighted by Gasteiger charge is -2.23. The van der Waals surface area contributed by atoms with E-state index < -0.39 is 0 Å². The molecule has 3 aromatic rings. The highest BCUT2D eigenvalue weighted by Gasteiger charge is 2.19. The summed E-state index contributed by atoms with van der Waals surface area (Å²) in [5.41, 5.74) is 4.99. The molecule has 1 unspecified atom stereocenters. The van der Waals surface area contributed by atoms with Crippen molar-refractivity contribution in [1.29, 1.82) is 0 Å². The lowest BCUT2D eigenvalue weighted by Crippen LogP contribution is -3.13. The van der Waals surface area contributed by atoms with Gasteiger partial charge in [-0.15, -0.1) is 0 Å². The minimum Gasteiger partial charge on any atom is -0.324 e. The summed E-state index contributed by atoms with van der Waals surface area (Å²) in [6.45, 7) is 2.31. The van der Waals surface area contributed by atoms with Crippen LogP contribution in [0.4, 0.5) is 5.69 Å². The number of quaternary nitrogens is 1. The van der Waals surface area contributed by atoms with Gasteiger partial charge in [-0.25, -0.2) is 0 Å². The molecule has 1 aliphatic rings. The Morgan fingerprint density at radius 2 is 2.00 bits per heavy atom. The third-order valence-corrected chi connectivity index (χ3v) is 5.04. The predicted octanol–water partition coefficient (Wildman–Crippen LogP) is 2.00. The zero-order chi connectivity index (χ0) is 17.1. The fraction of sp³-hybridized carbons (Fsp3) is 0.211. The Balaban J connectivity index is 1.38. The number of nitrogens with zero attached hydrogens (tertiary/aromatic N) is 2. The molecule has 5 nitrogen and oxygen atoms in total. The fourth-order valence-corrected chi connectivity index (χ4v) is 3.74. The SMILES string of the molecule is O=C(C[NH+]1CC=C(c2ccccc2)CC1)Nc1cccc2nsnc12. The molecule has 25 heavy (non-hydrogen) atoms. The van der Waals surface area contributed by atoms with Gasteiger partial charge in [0.15, 0.2) is 6.54 Å². The number of anilines is 1. The third-order valence-electron chi connectivity index (χ3n) is 4.50. The largest absolute Gasteiger partial charge is 0.324 e. The summed E-state index contributed by atoms with van der Waals surface area (Å²) in [5.74, 6) is 0.0204. The van der Waals surface area contributed by atoms with E-state index in [-0.39, 0.29) is 5.91 Å². The van der Waals surface area contributed by atoms with Gasteiger partial charge in [0, 0.05) is 6.42 Å². The monoisotopic (exact) mass is 351 g/mol. The molecular weight excluding hydrogens is 332 g/mol. The zero-order valence-electron chi connectivity index (χ0n) is 13.7. The highest BCUT2D eigenvalue weighted by atomic mass is 32.1. The summed E-state index contributed by atoms with van der Waals surface area (Å²) < 4.78 is 8.47. The van der Waals surface area contributed by atoms with Crippen LogP contribution >= 0.6 is 11.7 Å². The molecule has 1 amide bonds. The van der Waals surface area contributed by atoms with Crippen LogP contribution < -0.4 is 10.2 Å². The van der Waals surface area contributed by atoms with Crippen LogP contribution in [-0.2, 0) is 4.79 Å². The van der Waals surface area contributed by atoms with Crippen LogP contribution in [0.3, 0.4) is 0 Å². The number of carbonyl (C=O) groups is 1. The van der Waals surface area contributed by atoms with E-state index in [1.807, 2.05) is 24.3 Å². The number of nitrogens with one attached hydrogen (secondary N) is 2. The van der Waals surface area contributed by atoms with Crippen molar-refractivity contribution >= 4 is 39.9 Å². The van der Waals surface area contributed by atoms with Crippen LogP contribution in [-0.4, -0.2) is 34.3 Å². The van der Waals surface area contributed by atoms with Gasteiger partial charge in [-0.1, -0.05) is 36.4 Å². The molecule has 2 aromatic carbocycles. The van der Waals surface area contributed by atoms with Gasteiger partial charge in [-0.3, -0.25) is 4.79 Å². The maximum atomic E-state index is 12.4. The molecule has 1 aliphatic heterocycles. The van der Waals surface area contributed by atoms with Crippen molar-refractivity contribution in [3.8, 4) is 0 Å². The number of rotatable bonds is 4. The summed E-state index contributed by atoms with van der Waals surface area (Å²) in [5, 5.41) is 2.98. The number of benzene rings is 2. The second-order valence-corrected chi connectivity index (χ2v) is 6.74. The van der Waals surface area contributed by atoms with E-state index in [4.69, 9.17) is 0 Å². The molecule has 126 valence electrons. The molecule has 0 aliphatic carbocycles. The van der Waals surface area contributed by atoms with Crippen molar-refractivity contribution in [2.75, 3.05) is 25.0 Å². The van der Waals surface area contributed by atoms with Crippen LogP contribution in [0.5, 0.6) is 0 Å². The summed E-state index contributed by atoms with van der Waals surface area (Å²) >= 11 is 1.16. The Labute approximate surface area is 150 Å². The molecule has 1 aromatic heterocycles. The maximum Gasteiger partial charge on any atom is 0.279 e. The first-order valence-electron chi connectivity index (χ1n) is 8.39. The lowest BCUT2D eigenvalue weighted by molar-refractivity contribution is -0.886. The molecule has 4 rings (SSSR count). The average Bonchev–Trinajstić information content (AvgIpc) is 3.13. The number of hydrogen-bond donors (Lipinski definition) is 2. The van der Waals surface area contributed by atoms with E-state index in [0.29, 0.717) is 6.54 Å². The summed E-state index contributed by atoms with van der Waals surface area (Å²) in [6.07, 6.45) is 3.25. The van der Waals surface area contributed by atoms with E-state index in [1.54, 1.807) is 0 Å². The molecule has 0 saturated heterocycles. The average molecular weight is 351 g/mol. The van der Waals surface area contributed by atoms with Gasteiger partial charge in [-0.05, 0) is 29.3 Å². The van der Waals surface area contributed by atoms with Gasteiger partial charge in [0.2, 0.25) is 0 Å². The van der Waals surface area contributed by atoms with Gasteiger partial charge in [0.05, 0.1) is 30.5 Å². The molecule has 1 atom stereocenters. The van der Waals surface area contributed by atoms with E-state index in [9.17, 15) is 4.79 Å². The molecule has 0 bridgehead atoms. The molecule has 2 heterocycles. The predicted molar refractivity (Wildman–Crippen MR) is 101 cm³/mol. The zero-order valence-corrected chi connectivity index (χ0v) is 14.6. The van der Waals surface area contributed by atoms with Crippen LogP contribution in [0.15, 0.2) is 54.6 Å². The minimum atomic E-state index is 0.0204. The van der Waals surface area contributed by atoms with Crippen molar-refractivity contribution in [3.05, 3.63) is 60.2 Å². The first kappa shape index (κ1) is 15.9. The second kappa shape index (κ2) is 7.13. The normalized spacial score (nSPS) is 17.3. The van der Waals surface area contributed by atoms with Crippen molar-refractivity contribution in [3.63, 3.8) is 0 Å². The van der Waals surface area contributed by atoms with E-state index in [2.05, 4.69) is 44.4 Å². The lowest BCUT2D eigenvalue weighted by atomic mass is 10.00. The van der Waals surface area contributed by atoms with Gasteiger partial charge < -0.3 is 10.2 Å². The van der Waals surface area contributed by atoms with Gasteiger partial charge >= 0.3 is 0 Å². The van der Waals surface area contributed by atoms with Crippen LogP contribution in [0.1, 0.15) is 12.0 Å². The van der Waals surface area contributed by atoms with Crippen LogP contribution in [0, 0.1) is 0 Å². The Kier molecular flexibility index (Phi) is 4.54. The Morgan fingerprint density at radius 1 is 1.12 bits per heavy atom. The summed E-state index contributed by atoms with van der Waals surface area (Å²) in [4.78, 5) is 13.7. The molecule has 2 N–H and O–H groups in total. The Bertz CT molecular complexity index is 919. The van der Waals surface area contributed by atoms with Gasteiger partial charge in [0.25, 0.3) is 5.91 Å². The smallest absolute Gasteiger partial charge is 0.279 e. The molecule has 0 fully saturated rings. The summed E-state index contributed by atoms with van der Waals surface area (Å²) in [6, 6.07) is 16.1. The van der Waals surface area contributed by atoms with E-state index in [0.717, 1.165) is 48.0 Å².